The maximum atomic E-state index is 13.1. The van der Waals surface area contributed by atoms with Gasteiger partial charge in [0.25, 0.3) is 5.95 Å². The predicted molar refractivity (Wildman–Crippen MR) is 129 cm³/mol. The average Bonchev–Trinajstić information content (AvgIpc) is 3.26. The number of anilines is 1. The van der Waals surface area contributed by atoms with Crippen LogP contribution in [-0.4, -0.2) is 73.6 Å². The molecule has 2 unspecified atom stereocenters. The number of hydrogen-bond donors (Lipinski definition) is 1. The third kappa shape index (κ3) is 7.00. The smallest absolute Gasteiger partial charge is 0.266 e. The molecule has 11 nitrogen and oxygen atoms in total. The van der Waals surface area contributed by atoms with Gasteiger partial charge in [-0.3, -0.25) is 4.57 Å². The van der Waals surface area contributed by atoms with Crippen LogP contribution in [0.2, 0.25) is 5.02 Å². The second-order valence-electron chi connectivity index (χ2n) is 7.43. The molecule has 0 radical (unpaired) electrons. The molecular weight excluding hydrogens is 482 g/mol. The van der Waals surface area contributed by atoms with Crippen LogP contribution in [0.1, 0.15) is 25.7 Å². The number of nitrogens with zero attached hydrogens (tertiary/aromatic N) is 6. The van der Waals surface area contributed by atoms with Crippen LogP contribution in [0, 0.1) is 0 Å². The highest BCUT2D eigenvalue weighted by atomic mass is 35.5. The summed E-state index contributed by atoms with van der Waals surface area (Å²) >= 11 is 4.35. The quantitative estimate of drug-likeness (QED) is 0.271. The van der Waals surface area contributed by atoms with Gasteiger partial charge < -0.3 is 18.8 Å². The van der Waals surface area contributed by atoms with Crippen LogP contribution in [0.3, 0.4) is 0 Å². The van der Waals surface area contributed by atoms with Crippen LogP contribution in [0.15, 0.2) is 30.6 Å². The standard InChI is InChI=1S/C21H28ClN7O4S/c1-14(13-33-9-8-31-3)29-20(17-6-5-7-19(25-17)32-4)26-27-21(29)28-34(30)15(2)10-18-23-11-16(22)12-24-18/h5-7,11-12,14-15H,8-10,13H2,1-4H3,(H,27,28)/t14-,15?,34?/m1/s1. The van der Waals surface area contributed by atoms with Gasteiger partial charge in [-0.05, 0) is 19.9 Å². The fraction of sp³-hybridized carbons (Fsp3) is 0.476. The highest BCUT2D eigenvalue weighted by Crippen LogP contribution is 2.26. The fourth-order valence-electron chi connectivity index (χ4n) is 3.04. The highest BCUT2D eigenvalue weighted by molar-refractivity contribution is 7.93. The molecule has 184 valence electrons. The first-order valence-corrected chi connectivity index (χ1v) is 12.2. The van der Waals surface area contributed by atoms with Crippen LogP contribution in [0.5, 0.6) is 5.88 Å². The first-order valence-electron chi connectivity index (χ1n) is 10.6. The van der Waals surface area contributed by atoms with Crippen molar-refractivity contribution < 1.29 is 18.8 Å². The van der Waals surface area contributed by atoms with Crippen molar-refractivity contribution >= 4 is 28.9 Å². The number of rotatable bonds is 13. The molecule has 0 amide bonds. The minimum atomic E-state index is -1.50. The number of nitrogens with one attached hydrogen (secondary N) is 1. The summed E-state index contributed by atoms with van der Waals surface area (Å²) < 4.78 is 33.9. The maximum absolute atomic E-state index is 13.1. The zero-order valence-electron chi connectivity index (χ0n) is 19.5. The Bertz CT molecular complexity index is 1040. The van der Waals surface area contributed by atoms with Crippen LogP contribution in [-0.2, 0) is 27.3 Å². The molecule has 0 aliphatic heterocycles. The Labute approximate surface area is 206 Å². The largest absolute Gasteiger partial charge is 0.593 e. The molecule has 0 aliphatic carbocycles. The second-order valence-corrected chi connectivity index (χ2v) is 9.47. The van der Waals surface area contributed by atoms with Crippen molar-refractivity contribution in [3.8, 4) is 17.4 Å². The molecule has 0 bridgehead atoms. The van der Waals surface area contributed by atoms with E-state index in [1.807, 2.05) is 30.5 Å². The van der Waals surface area contributed by atoms with E-state index in [0.29, 0.717) is 60.4 Å². The molecule has 0 saturated heterocycles. The summed E-state index contributed by atoms with van der Waals surface area (Å²) in [4.78, 5) is 12.8. The predicted octanol–water partition coefficient (Wildman–Crippen LogP) is 2.72. The SMILES string of the molecule is COCCOC[C@@H](C)n1c(N[S+]([O-])C(C)Cc2ncc(Cl)cn2)nnc1-c1cccc(OC)n1. The molecule has 3 heterocycles. The third-order valence-corrected chi connectivity index (χ3v) is 6.27. The molecule has 34 heavy (non-hydrogen) atoms. The summed E-state index contributed by atoms with van der Waals surface area (Å²) in [6.45, 7) is 5.09. The molecule has 13 heteroatoms. The Kier molecular flexibility index (Phi) is 9.84. The molecule has 0 spiro atoms. The van der Waals surface area contributed by atoms with Crippen LogP contribution >= 0.6 is 11.6 Å². The molecule has 1 N–H and O–H groups in total. The lowest BCUT2D eigenvalue weighted by molar-refractivity contribution is 0.0567. The van der Waals surface area contributed by atoms with Gasteiger partial charge in [0.2, 0.25) is 5.88 Å². The molecule has 3 atom stereocenters. The van der Waals surface area contributed by atoms with Crippen molar-refractivity contribution in [3.05, 3.63) is 41.4 Å². The van der Waals surface area contributed by atoms with Crippen molar-refractivity contribution in [2.24, 2.45) is 0 Å². The van der Waals surface area contributed by atoms with Gasteiger partial charge in [-0.2, -0.15) is 4.72 Å². The Morgan fingerprint density at radius 2 is 1.91 bits per heavy atom. The normalized spacial score (nSPS) is 13.9. The van der Waals surface area contributed by atoms with Gasteiger partial charge in [0.05, 0.1) is 55.8 Å². The van der Waals surface area contributed by atoms with Crippen LogP contribution < -0.4 is 9.46 Å². The fourth-order valence-corrected chi connectivity index (χ4v) is 3.96. The van der Waals surface area contributed by atoms with Gasteiger partial charge in [0, 0.05) is 25.6 Å². The Morgan fingerprint density at radius 3 is 2.62 bits per heavy atom. The van der Waals surface area contributed by atoms with Gasteiger partial charge in [0.1, 0.15) is 16.8 Å². The van der Waals surface area contributed by atoms with Crippen molar-refractivity contribution in [2.75, 3.05) is 38.8 Å². The topological polar surface area (TPSA) is 132 Å². The van der Waals surface area contributed by atoms with Gasteiger partial charge in [-0.15, -0.1) is 10.2 Å². The molecular formula is C21H28ClN7O4S. The summed E-state index contributed by atoms with van der Waals surface area (Å²) in [5, 5.41) is 8.71. The Balaban J connectivity index is 1.81. The summed E-state index contributed by atoms with van der Waals surface area (Å²) in [6.07, 6.45) is 3.43. The molecule has 3 aromatic heterocycles. The van der Waals surface area contributed by atoms with E-state index in [-0.39, 0.29) is 11.3 Å². The van der Waals surface area contributed by atoms with Gasteiger partial charge in [-0.1, -0.05) is 17.7 Å². The van der Waals surface area contributed by atoms with E-state index in [1.54, 1.807) is 20.3 Å². The lowest BCUT2D eigenvalue weighted by Crippen LogP contribution is -2.30. The van der Waals surface area contributed by atoms with Crippen LogP contribution in [0.25, 0.3) is 11.5 Å². The van der Waals surface area contributed by atoms with E-state index < -0.39 is 11.4 Å². The summed E-state index contributed by atoms with van der Waals surface area (Å²) in [7, 11) is 3.16. The number of pyridine rings is 1. The monoisotopic (exact) mass is 509 g/mol. The first-order chi connectivity index (χ1) is 16.4. The highest BCUT2D eigenvalue weighted by Gasteiger charge is 2.26. The first kappa shape index (κ1) is 26.1. The second kappa shape index (κ2) is 12.8. The average molecular weight is 510 g/mol. The number of ether oxygens (including phenoxy) is 3. The third-order valence-electron chi connectivity index (χ3n) is 4.79. The van der Waals surface area contributed by atoms with Crippen molar-refractivity contribution in [1.29, 1.82) is 0 Å². The minimum Gasteiger partial charge on any atom is -0.593 e. The maximum Gasteiger partial charge on any atom is 0.266 e. The molecule has 0 aliphatic rings. The number of aromatic nitrogens is 6. The lowest BCUT2D eigenvalue weighted by atomic mass is 10.3. The lowest BCUT2D eigenvalue weighted by Gasteiger charge is -2.21. The van der Waals surface area contributed by atoms with E-state index in [4.69, 9.17) is 25.8 Å². The van der Waals surface area contributed by atoms with E-state index in [2.05, 4.69) is 29.9 Å². The number of halogens is 1. The minimum absolute atomic E-state index is 0.190. The molecule has 0 fully saturated rings. The van der Waals surface area contributed by atoms with Gasteiger partial charge in [0.15, 0.2) is 5.82 Å². The van der Waals surface area contributed by atoms with Gasteiger partial charge in [-0.25, -0.2) is 15.0 Å². The zero-order valence-corrected chi connectivity index (χ0v) is 21.0. The van der Waals surface area contributed by atoms with Crippen molar-refractivity contribution in [2.45, 2.75) is 31.6 Å². The van der Waals surface area contributed by atoms with Gasteiger partial charge >= 0.3 is 0 Å². The Morgan fingerprint density at radius 1 is 1.15 bits per heavy atom. The van der Waals surface area contributed by atoms with E-state index in [9.17, 15) is 4.55 Å². The molecule has 0 saturated carbocycles. The summed E-state index contributed by atoms with van der Waals surface area (Å²) in [6, 6.07) is 5.18. The van der Waals surface area contributed by atoms with Crippen molar-refractivity contribution in [3.63, 3.8) is 0 Å². The van der Waals surface area contributed by atoms with E-state index in [1.165, 1.54) is 12.4 Å². The Hall–Kier alpha value is -2.51. The molecule has 3 aromatic rings. The molecule has 0 aromatic carbocycles. The van der Waals surface area contributed by atoms with E-state index in [0.717, 1.165) is 0 Å². The van der Waals surface area contributed by atoms with Crippen LogP contribution in [0.4, 0.5) is 5.95 Å². The molecule has 3 rings (SSSR count). The summed E-state index contributed by atoms with van der Waals surface area (Å²) in [5.41, 5.74) is 0.567. The zero-order chi connectivity index (χ0) is 24.5. The number of hydrogen-bond acceptors (Lipinski definition) is 10. The van der Waals surface area contributed by atoms with Crippen molar-refractivity contribution in [1.82, 2.24) is 29.7 Å². The van der Waals surface area contributed by atoms with E-state index >= 15 is 0 Å². The number of methoxy groups -OCH3 is 2. The summed E-state index contributed by atoms with van der Waals surface area (Å²) in [5.74, 6) is 1.83.